The molecule has 2 aromatic carbocycles. The highest BCUT2D eigenvalue weighted by Gasteiger charge is 2.46. The number of β-amino-alcohol motifs (C(OH)–C–C–N with tert-alkyl or cyclic N) is 2. The van der Waals surface area contributed by atoms with E-state index in [0.29, 0.717) is 84.3 Å². The smallest absolute Gasteiger partial charge is 0.428 e. The lowest BCUT2D eigenvalue weighted by molar-refractivity contribution is -0.384. The second-order valence-electron chi connectivity index (χ2n) is 27.5. The van der Waals surface area contributed by atoms with Crippen LogP contribution in [0.5, 0.6) is 0 Å². The molecule has 0 bridgehead atoms. The SMILES string of the molecule is C.CC(C)(C)OC(=O)OC(=O)OC(C)(C)C.CCO.CN.CNc1nccc(N2CC(N)C2)c1[N+](=O)[O-].CS(=O)(=O)OC1CN(c2ccnc(Cl)c2[N+](=O)[O-])C1.Cl.O=C1NC(=O)c2ccccc21.O=C1c2ccccc2C(=O)N1C1CN(c2ccnc(Cl)c2[N+](=O)[O-])C1.O=[N+]([O-])c1c(Cl)ccnc1Cl.O=[N+]([O-])c1c(N2CC(O)C2)ccnc1Cl.OC1CNC1. The van der Waals surface area contributed by atoms with Crippen LogP contribution in [0, 0.1) is 50.6 Å². The number of fused-ring (bicyclic) bond motifs is 2. The Hall–Kier alpha value is -11.4. The van der Waals surface area contributed by atoms with E-state index in [9.17, 15) is 87.8 Å². The van der Waals surface area contributed by atoms with E-state index in [0.717, 1.165) is 19.3 Å². The number of nitrogens with two attached hydrogens (primary N) is 2. The van der Waals surface area contributed by atoms with E-state index in [1.54, 1.807) is 131 Å². The molecule has 7 aliphatic rings. The first-order valence-electron chi connectivity index (χ1n) is 35.8. The molecular weight excluding hydrogens is 1790 g/mol. The third kappa shape index (κ3) is 30.8. The fraction of sp³-hybridized carbons (Fsp3) is 0.403. The molecule has 5 saturated heterocycles. The van der Waals surface area contributed by atoms with Gasteiger partial charge in [-0.15, -0.1) is 12.4 Å². The third-order valence-electron chi connectivity index (χ3n) is 16.2. The Kier molecular flexibility index (Phi) is 41.9. The Balaban J connectivity index is 0.000000371. The molecule has 5 aromatic heterocycles. The van der Waals surface area contributed by atoms with Gasteiger partial charge in [0.1, 0.15) is 45.1 Å². The number of carbonyl (C=O) groups excluding carboxylic acids is 6. The Labute approximate surface area is 739 Å². The molecule has 0 saturated carbocycles. The van der Waals surface area contributed by atoms with Crippen molar-refractivity contribution < 1.29 is 95.5 Å². The van der Waals surface area contributed by atoms with Gasteiger partial charge in [-0.3, -0.25) is 84.1 Å². The van der Waals surface area contributed by atoms with Crippen molar-refractivity contribution in [1.82, 2.24) is 40.5 Å². The van der Waals surface area contributed by atoms with Gasteiger partial charge in [-0.25, -0.2) is 34.5 Å². The normalized spacial score (nSPS) is 14.7. The zero-order chi connectivity index (χ0) is 91.6. The Morgan fingerprint density at radius 3 is 1.15 bits per heavy atom. The van der Waals surface area contributed by atoms with Gasteiger partial charge in [0.25, 0.3) is 33.7 Å². The standard InChI is InChI=1S/C16H11ClN4O4.C10H18O5.C9H10ClN3O5S.C9H13N5O2.C8H8ClN3O3.C8H5NO2.C5H2Cl2N2O2.C3H7NO.C2H6O.CH5N.CH4.ClH/c17-14-13(21(24)25)12(5-6-18-14)19-7-9(8-19)20-15(22)10-3-1-2-4-11(10)16(20)23;1-9(2,3)14-7(11)13-8(12)15-10(4,5)6;1-19(16,17)18-6-4-12(5-6)7-2-3-11-9(10)8(7)13(14)15;1-11-9-8(14(15)16)7(2-3-12-9)13-4-6(10)5-13;9-8-7(12(14)15)6(1-2-10-8)11-3-5(13)4-11;10-7-5-3-1-2-4-6(5)8(11)9-7;6-3-1-2-8-5(7)4(3)9(10)11;5-3-1-4-2-3;1-2-3;1-2;;/h1-6,9H,7-8H2;1-6H3;2-3,6H,4-5H2,1H3;2-3,6H,4-5,10H2,1H3,(H,11,12);1-2,5,13H,3-4H2;1-4H,(H,9,10,11);1-2H;3-5H,1-2H2;3H,2H2,1H3;2H2,1H3;1H4;1H. The number of imide groups is 2. The number of hydrogen-bond donors (Lipinski definition) is 8. The molecule has 12 heterocycles. The average molecular weight is 1880 g/mol. The van der Waals surface area contributed by atoms with E-state index >= 15 is 0 Å². The minimum atomic E-state index is -3.52. The highest BCUT2D eigenvalue weighted by atomic mass is 35.5. The van der Waals surface area contributed by atoms with Gasteiger partial charge in [-0.05, 0) is 110 Å². The van der Waals surface area contributed by atoms with Crippen molar-refractivity contribution in [2.24, 2.45) is 11.5 Å². The van der Waals surface area contributed by atoms with Gasteiger partial charge in [-0.1, -0.05) is 89.7 Å². The summed E-state index contributed by atoms with van der Waals surface area (Å²) >= 11 is 28.0. The van der Waals surface area contributed by atoms with Crippen LogP contribution in [-0.4, -0.2) is 248 Å². The summed E-state index contributed by atoms with van der Waals surface area (Å²) in [6.07, 6.45) is 4.89. The number of ether oxygens (including phenoxy) is 3. The van der Waals surface area contributed by atoms with Gasteiger partial charge in [0.05, 0.1) is 71.4 Å². The molecule has 5 fully saturated rings. The fourth-order valence-electron chi connectivity index (χ4n) is 10.8. The fourth-order valence-corrected chi connectivity index (χ4v) is 12.6. The van der Waals surface area contributed by atoms with Gasteiger partial charge in [0, 0.05) is 116 Å². The van der Waals surface area contributed by atoms with Crippen LogP contribution in [0.3, 0.4) is 0 Å². The summed E-state index contributed by atoms with van der Waals surface area (Å²) in [5.74, 6) is -0.973. The number of aromatic nitrogens is 5. The molecule has 676 valence electrons. The summed E-state index contributed by atoms with van der Waals surface area (Å²) in [6, 6.07) is 20.6. The van der Waals surface area contributed by atoms with E-state index in [1.165, 1.54) is 61.0 Å². The number of anilines is 5. The molecule has 0 unspecified atom stereocenters. The number of nitro groups is 5. The van der Waals surface area contributed by atoms with Crippen LogP contribution in [0.2, 0.25) is 25.6 Å². The van der Waals surface area contributed by atoms with Gasteiger partial charge >= 0.3 is 40.7 Å². The van der Waals surface area contributed by atoms with Crippen LogP contribution in [-0.2, 0) is 28.5 Å². The van der Waals surface area contributed by atoms with E-state index in [1.807, 2.05) is 4.90 Å². The first-order valence-corrected chi connectivity index (χ1v) is 39.5. The van der Waals surface area contributed by atoms with Crippen LogP contribution in [0.15, 0.2) is 110 Å². The number of hydrogen-bond acceptors (Lipinski definition) is 38. The van der Waals surface area contributed by atoms with Crippen LogP contribution < -0.4 is 47.0 Å². The van der Waals surface area contributed by atoms with Crippen molar-refractivity contribution in [3.05, 3.63) is 208 Å². The topological polar surface area (TPSA) is 619 Å². The van der Waals surface area contributed by atoms with Crippen LogP contribution in [0.1, 0.15) is 97.3 Å². The monoisotopic (exact) mass is 1880 g/mol. The molecule has 7 aromatic rings. The first-order chi connectivity index (χ1) is 57.2. The second kappa shape index (κ2) is 48.6. The van der Waals surface area contributed by atoms with Crippen molar-refractivity contribution in [1.29, 1.82) is 0 Å². The van der Waals surface area contributed by atoms with E-state index in [2.05, 4.69) is 51.3 Å². The van der Waals surface area contributed by atoms with Gasteiger partial charge in [0.2, 0.25) is 26.4 Å². The van der Waals surface area contributed by atoms with E-state index in [-0.39, 0.29) is 141 Å². The van der Waals surface area contributed by atoms with Gasteiger partial charge in [-0.2, -0.15) is 8.42 Å². The summed E-state index contributed by atoms with van der Waals surface area (Å²) in [5, 5.41) is 86.3. The number of nitrogens with one attached hydrogen (secondary N) is 3. The van der Waals surface area contributed by atoms with Crippen molar-refractivity contribution >= 4 is 173 Å². The minimum Gasteiger partial charge on any atom is -0.428 e. The average Bonchev–Trinajstić information content (AvgIpc) is 1.58. The lowest BCUT2D eigenvalue weighted by atomic mass is 10.1. The molecule has 124 heavy (non-hydrogen) atoms. The lowest BCUT2D eigenvalue weighted by Gasteiger charge is -2.43. The second-order valence-corrected chi connectivity index (χ2v) is 31.0. The van der Waals surface area contributed by atoms with Crippen molar-refractivity contribution in [3.8, 4) is 0 Å². The quantitative estimate of drug-likeness (QED) is 0.0101. The molecule has 0 atom stereocenters. The Bertz CT molecular complexity index is 4940. The lowest BCUT2D eigenvalue weighted by Crippen LogP contribution is -2.61. The molecule has 10 N–H and O–H groups in total. The van der Waals surface area contributed by atoms with Gasteiger partial charge < -0.3 is 71.2 Å². The number of carbonyl (C=O) groups is 6. The molecule has 0 spiro atoms. The Morgan fingerprint density at radius 1 is 0.540 bits per heavy atom. The number of aliphatic hydroxyl groups excluding tert-OH is 3. The molecule has 0 aliphatic carbocycles. The summed E-state index contributed by atoms with van der Waals surface area (Å²) in [6.45, 7) is 16.7. The zero-order valence-corrected chi connectivity index (χ0v) is 72.4. The molecule has 52 heteroatoms. The first kappa shape index (κ1) is 107. The summed E-state index contributed by atoms with van der Waals surface area (Å²) in [7, 11) is -0.411. The molecule has 45 nitrogen and oxygen atoms in total. The number of pyridine rings is 5. The number of amides is 4. The van der Waals surface area contributed by atoms with Crippen LogP contribution >= 0.6 is 70.4 Å². The highest BCUT2D eigenvalue weighted by molar-refractivity contribution is 7.86. The largest absolute Gasteiger partial charge is 0.519 e. The number of rotatable bonds is 13. The summed E-state index contributed by atoms with van der Waals surface area (Å²) < 4.78 is 40.4. The molecule has 0 radical (unpaired) electrons. The molecular formula is C72H90Cl6N20O25S. The highest BCUT2D eigenvalue weighted by Crippen LogP contribution is 2.41. The van der Waals surface area contributed by atoms with Crippen molar-refractivity contribution in [2.75, 3.05) is 117 Å². The van der Waals surface area contributed by atoms with Crippen LogP contribution in [0.4, 0.5) is 66.6 Å². The maximum absolute atomic E-state index is 12.5. The molecule has 4 amide bonds. The summed E-state index contributed by atoms with van der Waals surface area (Å²) in [4.78, 5) is 147. The maximum atomic E-state index is 12.5. The molecule has 7 aliphatic heterocycles. The maximum Gasteiger partial charge on any atom is 0.519 e. The van der Waals surface area contributed by atoms with Crippen LogP contribution in [0.25, 0.3) is 0 Å². The summed E-state index contributed by atoms with van der Waals surface area (Å²) in [5.41, 5.74) is 11.0. The van der Waals surface area contributed by atoms with Gasteiger partial charge in [0.15, 0.2) is 0 Å². The zero-order valence-electron chi connectivity index (χ0n) is 66.9. The van der Waals surface area contributed by atoms with E-state index in [4.69, 9.17) is 92.7 Å². The van der Waals surface area contributed by atoms with Crippen molar-refractivity contribution in [2.45, 2.75) is 97.5 Å². The van der Waals surface area contributed by atoms with E-state index < -0.39 is 70.5 Å². The van der Waals surface area contributed by atoms with Crippen molar-refractivity contribution in [3.63, 3.8) is 0 Å². The predicted octanol–water partition coefficient (Wildman–Crippen LogP) is 9.26. The number of halogens is 6. The minimum absolute atomic E-state index is 0. The number of aliphatic hydroxyl groups is 3. The number of nitrogens with zero attached hydrogens (tertiary/aromatic N) is 15. The molecule has 14 rings (SSSR count). The Morgan fingerprint density at radius 2 is 0.855 bits per heavy atom. The predicted molar refractivity (Wildman–Crippen MR) is 460 cm³/mol. The third-order valence-corrected chi connectivity index (χ3v) is 18.2. The number of benzene rings is 2.